The Morgan fingerprint density at radius 1 is 1.30 bits per heavy atom. The molecule has 2 heterocycles. The first-order chi connectivity index (χ1) is 11.1. The number of carbonyl (C=O) groups is 1. The zero-order valence-corrected chi connectivity index (χ0v) is 13.3. The number of nitrogens with zero attached hydrogens (tertiary/aromatic N) is 1. The number of benzene rings is 1. The molecule has 1 aromatic heterocycles. The van der Waals surface area contributed by atoms with Crippen LogP contribution < -0.4 is 5.43 Å². The van der Waals surface area contributed by atoms with Crippen molar-refractivity contribution in [3.05, 3.63) is 69.6 Å². The Balaban J connectivity index is 1.85. The lowest BCUT2D eigenvalue weighted by molar-refractivity contribution is -0.0487. The highest BCUT2D eigenvalue weighted by Gasteiger charge is 2.31. The number of hydrogen-bond donors (Lipinski definition) is 1. The first-order valence-electron chi connectivity index (χ1n) is 7.73. The summed E-state index contributed by atoms with van der Waals surface area (Å²) in [4.78, 5) is 29.5. The maximum absolute atomic E-state index is 12.8. The fourth-order valence-electron chi connectivity index (χ4n) is 2.80. The number of amides is 1. The van der Waals surface area contributed by atoms with Crippen LogP contribution in [0.2, 0.25) is 0 Å². The van der Waals surface area contributed by atoms with E-state index in [9.17, 15) is 9.59 Å². The van der Waals surface area contributed by atoms with E-state index in [1.165, 1.54) is 12.3 Å². The average molecular weight is 312 g/mol. The Morgan fingerprint density at radius 3 is 2.74 bits per heavy atom. The van der Waals surface area contributed by atoms with Gasteiger partial charge in [-0.2, -0.15) is 0 Å². The second-order valence-electron chi connectivity index (χ2n) is 5.93. The molecular formula is C18H20N2O3. The van der Waals surface area contributed by atoms with E-state index >= 15 is 0 Å². The van der Waals surface area contributed by atoms with Gasteiger partial charge in [0.1, 0.15) is 11.7 Å². The summed E-state index contributed by atoms with van der Waals surface area (Å²) in [7, 11) is 0. The van der Waals surface area contributed by atoms with Gasteiger partial charge >= 0.3 is 0 Å². The zero-order chi connectivity index (χ0) is 16.4. The van der Waals surface area contributed by atoms with E-state index in [4.69, 9.17) is 4.74 Å². The van der Waals surface area contributed by atoms with Crippen molar-refractivity contribution in [2.75, 3.05) is 13.2 Å². The zero-order valence-electron chi connectivity index (χ0n) is 13.3. The fourth-order valence-corrected chi connectivity index (χ4v) is 2.80. The van der Waals surface area contributed by atoms with E-state index in [2.05, 4.69) is 4.98 Å². The molecule has 1 N–H and O–H groups in total. The monoisotopic (exact) mass is 312 g/mol. The van der Waals surface area contributed by atoms with E-state index in [1.54, 1.807) is 11.8 Å². The molecule has 0 radical (unpaired) electrons. The molecule has 5 heteroatoms. The van der Waals surface area contributed by atoms with Crippen LogP contribution in [0.4, 0.5) is 0 Å². The van der Waals surface area contributed by atoms with Gasteiger partial charge in [-0.05, 0) is 19.4 Å². The van der Waals surface area contributed by atoms with Crippen LogP contribution in [-0.2, 0) is 4.74 Å². The fraction of sp³-hybridized carbons (Fsp3) is 0.333. The Kier molecular flexibility index (Phi) is 4.30. The molecule has 3 rings (SSSR count). The minimum atomic E-state index is -0.249. The third-order valence-corrected chi connectivity index (χ3v) is 4.15. The Hall–Kier alpha value is -2.40. The molecule has 1 aliphatic heterocycles. The number of nitrogens with one attached hydrogen (secondary N) is 1. The lowest BCUT2D eigenvalue weighted by Gasteiger charge is -2.38. The van der Waals surface area contributed by atoms with Gasteiger partial charge in [0, 0.05) is 18.0 Å². The summed E-state index contributed by atoms with van der Waals surface area (Å²) < 4.78 is 5.86. The van der Waals surface area contributed by atoms with Gasteiger partial charge in [0.2, 0.25) is 0 Å². The molecule has 2 aromatic rings. The van der Waals surface area contributed by atoms with Gasteiger partial charge in [-0.3, -0.25) is 9.59 Å². The predicted molar refractivity (Wildman–Crippen MR) is 87.4 cm³/mol. The van der Waals surface area contributed by atoms with Gasteiger partial charge in [-0.15, -0.1) is 0 Å². The molecule has 0 unspecified atom stereocenters. The number of carbonyl (C=O) groups excluding carboxylic acids is 1. The van der Waals surface area contributed by atoms with Gasteiger partial charge in [-0.25, -0.2) is 0 Å². The first kappa shape index (κ1) is 15.5. The molecule has 0 bridgehead atoms. The van der Waals surface area contributed by atoms with E-state index in [1.807, 2.05) is 37.3 Å². The number of rotatable bonds is 2. The summed E-state index contributed by atoms with van der Waals surface area (Å²) in [5.41, 5.74) is 1.70. The molecule has 0 aliphatic carbocycles. The van der Waals surface area contributed by atoms with Crippen molar-refractivity contribution in [2.24, 2.45) is 0 Å². The third kappa shape index (κ3) is 3.19. The standard InChI is InChI=1S/C18H20N2O3/c1-12-8-16(21)15(9-19-12)18(22)20-10-17(23-11-13(20)2)14-6-4-3-5-7-14/h3-9,13,17H,10-11H2,1-2H3,(H,19,21)/t13-,17-/m0/s1. The van der Waals surface area contributed by atoms with Crippen molar-refractivity contribution >= 4 is 5.91 Å². The van der Waals surface area contributed by atoms with E-state index < -0.39 is 0 Å². The summed E-state index contributed by atoms with van der Waals surface area (Å²) in [6.07, 6.45) is 1.33. The van der Waals surface area contributed by atoms with Crippen LogP contribution in [0.1, 0.15) is 34.6 Å². The van der Waals surface area contributed by atoms with Crippen LogP contribution in [-0.4, -0.2) is 35.0 Å². The second-order valence-corrected chi connectivity index (χ2v) is 5.93. The topological polar surface area (TPSA) is 62.4 Å². The lowest BCUT2D eigenvalue weighted by atomic mass is 10.1. The molecule has 1 aromatic carbocycles. The molecule has 1 saturated heterocycles. The number of pyridine rings is 1. The predicted octanol–water partition coefficient (Wildman–Crippen LogP) is 2.29. The van der Waals surface area contributed by atoms with Gasteiger partial charge in [0.15, 0.2) is 5.43 Å². The van der Waals surface area contributed by atoms with Crippen LogP contribution in [0.3, 0.4) is 0 Å². The summed E-state index contributed by atoms with van der Waals surface area (Å²) >= 11 is 0. The van der Waals surface area contributed by atoms with Gasteiger partial charge in [-0.1, -0.05) is 30.3 Å². The van der Waals surface area contributed by atoms with Crippen molar-refractivity contribution in [2.45, 2.75) is 26.0 Å². The minimum Gasteiger partial charge on any atom is -0.370 e. The van der Waals surface area contributed by atoms with Crippen LogP contribution in [0, 0.1) is 6.92 Å². The quantitative estimate of drug-likeness (QED) is 0.925. The SMILES string of the molecule is Cc1cc(=O)c(C(=O)N2C[C@@H](c3ccccc3)OC[C@@H]2C)c[nH]1. The van der Waals surface area contributed by atoms with E-state index in [0.717, 1.165) is 11.3 Å². The largest absolute Gasteiger partial charge is 0.370 e. The number of aromatic amines is 1. The number of morpholine rings is 1. The highest BCUT2D eigenvalue weighted by molar-refractivity contribution is 5.94. The number of H-pyrrole nitrogens is 1. The third-order valence-electron chi connectivity index (χ3n) is 4.15. The molecule has 5 nitrogen and oxygen atoms in total. The Morgan fingerprint density at radius 2 is 2.04 bits per heavy atom. The maximum atomic E-state index is 12.8. The summed E-state index contributed by atoms with van der Waals surface area (Å²) in [6.45, 7) is 4.62. The number of aryl methyl sites for hydroxylation is 1. The average Bonchev–Trinajstić information content (AvgIpc) is 2.55. The van der Waals surface area contributed by atoms with Gasteiger partial charge in [0.05, 0.1) is 19.2 Å². The molecule has 1 fully saturated rings. The summed E-state index contributed by atoms with van der Waals surface area (Å²) in [6, 6.07) is 11.2. The van der Waals surface area contributed by atoms with Crippen molar-refractivity contribution in [1.82, 2.24) is 9.88 Å². The lowest BCUT2D eigenvalue weighted by Crippen LogP contribution is -2.49. The molecule has 120 valence electrons. The molecule has 1 amide bonds. The molecule has 2 atom stereocenters. The Labute approximate surface area is 134 Å². The van der Waals surface area contributed by atoms with E-state index in [0.29, 0.717) is 13.2 Å². The van der Waals surface area contributed by atoms with Crippen molar-refractivity contribution < 1.29 is 9.53 Å². The highest BCUT2D eigenvalue weighted by Crippen LogP contribution is 2.25. The summed E-state index contributed by atoms with van der Waals surface area (Å²) in [5.74, 6) is -0.247. The van der Waals surface area contributed by atoms with Crippen LogP contribution >= 0.6 is 0 Å². The molecule has 0 saturated carbocycles. The molecule has 0 spiro atoms. The van der Waals surface area contributed by atoms with Crippen molar-refractivity contribution in [3.8, 4) is 0 Å². The maximum Gasteiger partial charge on any atom is 0.259 e. The van der Waals surface area contributed by atoms with Crippen molar-refractivity contribution in [3.63, 3.8) is 0 Å². The highest BCUT2D eigenvalue weighted by atomic mass is 16.5. The van der Waals surface area contributed by atoms with E-state index in [-0.39, 0.29) is 29.0 Å². The number of hydrogen-bond acceptors (Lipinski definition) is 3. The minimum absolute atomic E-state index is 0.0665. The molecule has 23 heavy (non-hydrogen) atoms. The molecule has 1 aliphatic rings. The van der Waals surface area contributed by atoms with Crippen LogP contribution in [0.5, 0.6) is 0 Å². The Bertz CT molecular complexity index is 754. The normalized spacial score (nSPS) is 21.2. The second kappa shape index (κ2) is 6.38. The first-order valence-corrected chi connectivity index (χ1v) is 7.73. The van der Waals surface area contributed by atoms with Crippen LogP contribution in [0.15, 0.2) is 47.4 Å². The number of aromatic nitrogens is 1. The van der Waals surface area contributed by atoms with Gasteiger partial charge in [0.25, 0.3) is 5.91 Å². The summed E-state index contributed by atoms with van der Waals surface area (Å²) in [5, 5.41) is 0. The van der Waals surface area contributed by atoms with Crippen LogP contribution in [0.25, 0.3) is 0 Å². The van der Waals surface area contributed by atoms with Gasteiger partial charge < -0.3 is 14.6 Å². The smallest absolute Gasteiger partial charge is 0.259 e. The van der Waals surface area contributed by atoms with Crippen molar-refractivity contribution in [1.29, 1.82) is 0 Å². The number of ether oxygens (including phenoxy) is 1. The molecular weight excluding hydrogens is 292 g/mol.